The zero-order chi connectivity index (χ0) is 16.4. The van der Waals surface area contributed by atoms with Crippen molar-refractivity contribution in [3.63, 3.8) is 0 Å². The Kier molecular flexibility index (Phi) is 4.22. The first kappa shape index (κ1) is 15.2. The first-order valence-electron chi connectivity index (χ1n) is 7.82. The van der Waals surface area contributed by atoms with E-state index in [9.17, 15) is 0 Å². The van der Waals surface area contributed by atoms with Crippen molar-refractivity contribution in [1.82, 2.24) is 29.4 Å². The number of hydrogen-bond donors (Lipinski definition) is 0. The highest BCUT2D eigenvalue weighted by Crippen LogP contribution is 2.23. The normalized spacial score (nSPS) is 17.6. The quantitative estimate of drug-likeness (QED) is 0.707. The van der Waals surface area contributed by atoms with Gasteiger partial charge in [-0.15, -0.1) is 11.3 Å². The third-order valence-electron chi connectivity index (χ3n) is 4.01. The summed E-state index contributed by atoms with van der Waals surface area (Å²) < 4.78 is 8.01. The van der Waals surface area contributed by atoms with E-state index in [1.807, 2.05) is 37.1 Å². The number of nitrogens with zero attached hydrogens (tertiary/aromatic N) is 6. The van der Waals surface area contributed by atoms with Crippen LogP contribution in [0.3, 0.4) is 0 Å². The predicted molar refractivity (Wildman–Crippen MR) is 89.8 cm³/mol. The van der Waals surface area contributed by atoms with Gasteiger partial charge < -0.3 is 9.30 Å². The smallest absolute Gasteiger partial charge is 0.316 e. The number of hydrogen-bond acceptors (Lipinski definition) is 7. The van der Waals surface area contributed by atoms with Gasteiger partial charge in [0.15, 0.2) is 0 Å². The summed E-state index contributed by atoms with van der Waals surface area (Å²) in [5.41, 5.74) is 2.09. The van der Waals surface area contributed by atoms with Gasteiger partial charge in [0.1, 0.15) is 11.6 Å². The summed E-state index contributed by atoms with van der Waals surface area (Å²) in [7, 11) is 0. The minimum absolute atomic E-state index is 0.181. The third-order valence-corrected chi connectivity index (χ3v) is 4.78. The largest absolute Gasteiger partial charge is 0.461 e. The molecule has 0 fully saturated rings. The van der Waals surface area contributed by atoms with Crippen molar-refractivity contribution < 1.29 is 4.74 Å². The molecule has 24 heavy (non-hydrogen) atoms. The van der Waals surface area contributed by atoms with Crippen molar-refractivity contribution in [2.24, 2.45) is 0 Å². The van der Waals surface area contributed by atoms with Gasteiger partial charge in [-0.2, -0.15) is 0 Å². The average molecular weight is 342 g/mol. The summed E-state index contributed by atoms with van der Waals surface area (Å²) in [4.78, 5) is 19.5. The van der Waals surface area contributed by atoms with E-state index in [1.165, 1.54) is 5.69 Å². The monoisotopic (exact) mass is 342 g/mol. The highest BCUT2D eigenvalue weighted by molar-refractivity contribution is 7.09. The fraction of sp³-hybridized carbons (Fsp3) is 0.375. The minimum Gasteiger partial charge on any atom is -0.461 e. The Morgan fingerprint density at radius 2 is 2.29 bits per heavy atom. The second-order valence-corrected chi connectivity index (χ2v) is 6.81. The van der Waals surface area contributed by atoms with Crippen molar-refractivity contribution in [1.29, 1.82) is 0 Å². The van der Waals surface area contributed by atoms with Gasteiger partial charge in [0, 0.05) is 42.8 Å². The van der Waals surface area contributed by atoms with Crippen LogP contribution in [0.15, 0.2) is 36.4 Å². The fourth-order valence-corrected chi connectivity index (χ4v) is 3.56. The molecule has 3 aromatic heterocycles. The number of aromatic nitrogens is 5. The average Bonchev–Trinajstić information content (AvgIpc) is 3.24. The molecule has 1 aliphatic heterocycles. The van der Waals surface area contributed by atoms with Gasteiger partial charge in [0.2, 0.25) is 0 Å². The maximum atomic E-state index is 5.83. The third kappa shape index (κ3) is 3.29. The van der Waals surface area contributed by atoms with Crippen LogP contribution in [0.1, 0.15) is 22.4 Å². The summed E-state index contributed by atoms with van der Waals surface area (Å²) in [5.74, 6) is 0. The van der Waals surface area contributed by atoms with Crippen LogP contribution in [0.25, 0.3) is 0 Å². The molecule has 1 atom stereocenters. The van der Waals surface area contributed by atoms with Crippen LogP contribution < -0.4 is 4.74 Å². The zero-order valence-corrected chi connectivity index (χ0v) is 14.2. The van der Waals surface area contributed by atoms with E-state index in [1.54, 1.807) is 17.5 Å². The molecular formula is C16H18N6OS. The molecule has 7 nitrogen and oxygen atoms in total. The van der Waals surface area contributed by atoms with Gasteiger partial charge in [-0.1, -0.05) is 0 Å². The molecule has 0 bridgehead atoms. The maximum Gasteiger partial charge on any atom is 0.316 e. The van der Waals surface area contributed by atoms with Crippen LogP contribution in [0.5, 0.6) is 6.01 Å². The van der Waals surface area contributed by atoms with Crippen molar-refractivity contribution in [3.8, 4) is 6.01 Å². The molecule has 0 amide bonds. The summed E-state index contributed by atoms with van der Waals surface area (Å²) in [6.07, 6.45) is 7.37. The standard InChI is InChI=1S/C16H18N6OS/c1-12-2-3-19-16(20-12)23-10-14-8-21(9-15-18-4-5-24-15)7-13-6-17-11-22(13)14/h2-6,11,14H,7-10H2,1H3. The maximum absolute atomic E-state index is 5.83. The summed E-state index contributed by atoms with van der Waals surface area (Å²) in [6, 6.07) is 2.46. The highest BCUT2D eigenvalue weighted by Gasteiger charge is 2.26. The first-order valence-corrected chi connectivity index (χ1v) is 8.70. The Morgan fingerprint density at radius 3 is 3.12 bits per heavy atom. The molecule has 0 radical (unpaired) electrons. The highest BCUT2D eigenvalue weighted by atomic mass is 32.1. The van der Waals surface area contributed by atoms with Crippen LogP contribution in [0, 0.1) is 6.92 Å². The van der Waals surface area contributed by atoms with Gasteiger partial charge in [0.25, 0.3) is 0 Å². The Bertz CT molecular complexity index is 803. The molecule has 0 saturated carbocycles. The first-order chi connectivity index (χ1) is 11.8. The Hall–Kier alpha value is -2.32. The number of fused-ring (bicyclic) bond motifs is 1. The summed E-state index contributed by atoms with van der Waals surface area (Å²) in [6.45, 7) is 5.05. The van der Waals surface area contributed by atoms with Gasteiger partial charge in [0.05, 0.1) is 24.6 Å². The second-order valence-electron chi connectivity index (χ2n) is 5.83. The molecule has 8 heteroatoms. The molecule has 1 aliphatic rings. The van der Waals surface area contributed by atoms with Gasteiger partial charge >= 0.3 is 6.01 Å². The molecule has 124 valence electrons. The van der Waals surface area contributed by atoms with Gasteiger partial charge in [-0.05, 0) is 13.0 Å². The molecule has 4 heterocycles. The van der Waals surface area contributed by atoms with E-state index in [4.69, 9.17) is 4.74 Å². The van der Waals surface area contributed by atoms with Crippen LogP contribution in [-0.2, 0) is 13.1 Å². The van der Waals surface area contributed by atoms with Crippen LogP contribution in [-0.4, -0.2) is 42.6 Å². The predicted octanol–water partition coefficient (Wildman–Crippen LogP) is 2.07. The molecule has 3 aromatic rings. The minimum atomic E-state index is 0.181. The molecule has 0 aromatic carbocycles. The lowest BCUT2D eigenvalue weighted by Gasteiger charge is -2.33. The van der Waals surface area contributed by atoms with Crippen molar-refractivity contribution >= 4 is 11.3 Å². The van der Waals surface area contributed by atoms with Crippen LogP contribution in [0.4, 0.5) is 0 Å². The van der Waals surface area contributed by atoms with E-state index in [2.05, 4.69) is 29.4 Å². The van der Waals surface area contributed by atoms with Crippen molar-refractivity contribution in [3.05, 3.63) is 52.8 Å². The second kappa shape index (κ2) is 6.66. The molecule has 1 unspecified atom stereocenters. The van der Waals surface area contributed by atoms with Crippen LogP contribution >= 0.6 is 11.3 Å². The lowest BCUT2D eigenvalue weighted by atomic mass is 10.2. The van der Waals surface area contributed by atoms with Gasteiger partial charge in [-0.3, -0.25) is 4.90 Å². The van der Waals surface area contributed by atoms with Gasteiger partial charge in [-0.25, -0.2) is 19.9 Å². The van der Waals surface area contributed by atoms with E-state index >= 15 is 0 Å². The zero-order valence-electron chi connectivity index (χ0n) is 13.4. The van der Waals surface area contributed by atoms with Crippen LogP contribution in [0.2, 0.25) is 0 Å². The number of thiazole rings is 1. The number of imidazole rings is 1. The Labute approximate surface area is 144 Å². The molecule has 4 rings (SSSR count). The fourth-order valence-electron chi connectivity index (χ4n) is 2.90. The summed E-state index contributed by atoms with van der Waals surface area (Å²) >= 11 is 1.69. The lowest BCUT2D eigenvalue weighted by Crippen LogP contribution is -2.39. The lowest BCUT2D eigenvalue weighted by molar-refractivity contribution is 0.132. The number of rotatable bonds is 5. The molecule has 0 saturated heterocycles. The van der Waals surface area contributed by atoms with E-state index in [0.29, 0.717) is 12.6 Å². The summed E-state index contributed by atoms with van der Waals surface area (Å²) in [5, 5.41) is 3.14. The topological polar surface area (TPSA) is 69.0 Å². The number of ether oxygens (including phenoxy) is 1. The molecule has 0 spiro atoms. The Morgan fingerprint density at radius 1 is 1.33 bits per heavy atom. The van der Waals surface area contributed by atoms with Crippen molar-refractivity contribution in [2.75, 3.05) is 13.2 Å². The SMILES string of the molecule is Cc1ccnc(OCC2CN(Cc3nccs3)Cc3cncn32)n1. The molecule has 0 N–H and O–H groups in total. The van der Waals surface area contributed by atoms with Crippen molar-refractivity contribution in [2.45, 2.75) is 26.1 Å². The van der Waals surface area contributed by atoms with E-state index in [0.717, 1.165) is 30.3 Å². The number of aryl methyl sites for hydroxylation is 1. The Balaban J connectivity index is 1.47. The van der Waals surface area contributed by atoms with E-state index < -0.39 is 0 Å². The van der Waals surface area contributed by atoms with E-state index in [-0.39, 0.29) is 6.04 Å². The molecular weight excluding hydrogens is 324 g/mol. The molecule has 0 aliphatic carbocycles.